The van der Waals surface area contributed by atoms with Crippen molar-refractivity contribution in [2.24, 2.45) is 0 Å². The minimum Gasteiger partial charge on any atom is -0.497 e. The Labute approximate surface area is 272 Å². The Morgan fingerprint density at radius 1 is 0.872 bits per heavy atom. The molecule has 1 aliphatic rings. The van der Waals surface area contributed by atoms with Gasteiger partial charge in [0.1, 0.15) is 5.75 Å². The number of nitrogens with zero attached hydrogens (tertiary/aromatic N) is 6. The number of hydrogen-bond acceptors (Lipinski definition) is 9. The second-order valence-corrected chi connectivity index (χ2v) is 10.4. The summed E-state index contributed by atoms with van der Waals surface area (Å²) in [6.07, 6.45) is -3.95. The summed E-state index contributed by atoms with van der Waals surface area (Å²) < 4.78 is 45.0. The van der Waals surface area contributed by atoms with Crippen molar-refractivity contribution in [2.45, 2.75) is 12.6 Å². The number of carboxylic acids is 1. The third kappa shape index (κ3) is 9.59. The topological polar surface area (TPSA) is 151 Å². The van der Waals surface area contributed by atoms with Crippen LogP contribution < -0.4 is 15.0 Å². The van der Waals surface area contributed by atoms with Gasteiger partial charge in [0.2, 0.25) is 0 Å². The molecular weight excluding hydrogens is 643 g/mol. The van der Waals surface area contributed by atoms with Crippen LogP contribution in [0.1, 0.15) is 42.5 Å². The normalized spacial score (nSPS) is 12.9. The molecule has 2 N–H and O–H groups in total. The van der Waals surface area contributed by atoms with Crippen LogP contribution in [0.25, 0.3) is 0 Å². The summed E-state index contributed by atoms with van der Waals surface area (Å²) in [6.45, 7) is 1.66. The molecule has 3 heterocycles. The number of piperazine rings is 1. The Hall–Kier alpha value is -5.31. The number of rotatable bonds is 8. The molecule has 47 heavy (non-hydrogen) atoms. The lowest BCUT2D eigenvalue weighted by molar-refractivity contribution is -0.138. The third-order valence-corrected chi connectivity index (χ3v) is 7.15. The summed E-state index contributed by atoms with van der Waals surface area (Å²) >= 11 is 5.35. The molecule has 246 valence electrons. The molecule has 0 unspecified atom stereocenters. The molecule has 16 heteroatoms. The number of hydrogen-bond donors (Lipinski definition) is 2. The maximum atomic E-state index is 13.3. The smallest absolute Gasteiger partial charge is 0.417 e. The average molecular weight is 672 g/mol. The first-order valence-corrected chi connectivity index (χ1v) is 14.5. The van der Waals surface area contributed by atoms with Crippen molar-refractivity contribution in [3.8, 4) is 5.75 Å². The molecule has 1 fully saturated rings. The molecule has 0 atom stereocenters. The van der Waals surface area contributed by atoms with Crippen molar-refractivity contribution >= 4 is 35.2 Å². The molecular formula is C31H29ClF3N7O5. The summed E-state index contributed by atoms with van der Waals surface area (Å²) in [5, 5.41) is 26.1. The molecule has 0 spiro atoms. The minimum absolute atomic E-state index is 0.107. The van der Waals surface area contributed by atoms with Gasteiger partial charge in [-0.25, -0.2) is 4.79 Å². The van der Waals surface area contributed by atoms with Gasteiger partial charge in [0.05, 0.1) is 18.2 Å². The highest BCUT2D eigenvalue weighted by atomic mass is 35.5. The van der Waals surface area contributed by atoms with Crippen molar-refractivity contribution in [1.82, 2.24) is 30.6 Å². The second kappa shape index (κ2) is 15.8. The first-order valence-electron chi connectivity index (χ1n) is 14.1. The fraction of sp³-hybridized carbons (Fsp3) is 0.258. The lowest BCUT2D eigenvalue weighted by Crippen LogP contribution is -2.49. The van der Waals surface area contributed by atoms with Crippen LogP contribution in [0.2, 0.25) is 5.15 Å². The molecule has 4 aromatic rings. The first kappa shape index (κ1) is 34.6. The van der Waals surface area contributed by atoms with Gasteiger partial charge in [0.25, 0.3) is 11.8 Å². The second-order valence-electron chi connectivity index (χ2n) is 10.00. The number of methoxy groups -OCH3 is 1. The first-order chi connectivity index (χ1) is 22.5. The molecule has 5 rings (SSSR count). The Bertz CT molecular complexity index is 1670. The van der Waals surface area contributed by atoms with Gasteiger partial charge in [-0.15, -0.1) is 20.4 Å². The highest BCUT2D eigenvalue weighted by Crippen LogP contribution is 2.32. The van der Waals surface area contributed by atoms with E-state index in [0.717, 1.165) is 17.4 Å². The number of alkyl halides is 3. The highest BCUT2D eigenvalue weighted by molar-refractivity contribution is 6.29. The van der Waals surface area contributed by atoms with Gasteiger partial charge in [-0.05, 0) is 60.5 Å². The van der Waals surface area contributed by atoms with Crippen LogP contribution >= 0.6 is 11.6 Å². The predicted molar refractivity (Wildman–Crippen MR) is 165 cm³/mol. The fourth-order valence-corrected chi connectivity index (χ4v) is 4.57. The average Bonchev–Trinajstić information content (AvgIpc) is 3.08. The zero-order valence-corrected chi connectivity index (χ0v) is 25.7. The predicted octanol–water partition coefficient (Wildman–Crippen LogP) is 4.27. The molecule has 0 bridgehead atoms. The van der Waals surface area contributed by atoms with Gasteiger partial charge >= 0.3 is 12.1 Å². The fourth-order valence-electron chi connectivity index (χ4n) is 4.47. The largest absolute Gasteiger partial charge is 0.497 e. The maximum Gasteiger partial charge on any atom is 0.417 e. The Balaban J connectivity index is 0.000000427. The Morgan fingerprint density at radius 3 is 2.11 bits per heavy atom. The van der Waals surface area contributed by atoms with E-state index in [1.807, 2.05) is 29.2 Å². The molecule has 0 radical (unpaired) electrons. The van der Waals surface area contributed by atoms with Crippen LogP contribution in [0.5, 0.6) is 5.75 Å². The highest BCUT2D eigenvalue weighted by Gasteiger charge is 2.36. The number of halogens is 4. The number of benzene rings is 2. The number of amides is 2. The van der Waals surface area contributed by atoms with Crippen molar-refractivity contribution in [2.75, 3.05) is 44.7 Å². The number of aromatic carboxylic acids is 1. The van der Waals surface area contributed by atoms with Gasteiger partial charge < -0.3 is 25.0 Å². The number of carbonyl (C=O) groups is 3. The van der Waals surface area contributed by atoms with E-state index in [4.69, 9.17) is 21.4 Å². The molecule has 2 aromatic heterocycles. The maximum absolute atomic E-state index is 13.3. The van der Waals surface area contributed by atoms with E-state index in [0.29, 0.717) is 31.9 Å². The number of nitrogens with one attached hydrogen (secondary N) is 1. The SMILES string of the molecule is COc1ccc(CCNC(=O)c2ccc(N3CCN(C(=O)c4ccccc4C(F)(F)F)CC3)nn2)cc1.O=C(O)c1ccc(Cl)nn1. The van der Waals surface area contributed by atoms with Crippen molar-refractivity contribution < 1.29 is 37.4 Å². The van der Waals surface area contributed by atoms with Crippen LogP contribution in [-0.2, 0) is 12.6 Å². The zero-order chi connectivity index (χ0) is 34.0. The lowest BCUT2D eigenvalue weighted by atomic mass is 10.1. The van der Waals surface area contributed by atoms with Gasteiger partial charge in [-0.3, -0.25) is 9.59 Å². The molecule has 0 saturated carbocycles. The van der Waals surface area contributed by atoms with Crippen LogP contribution in [0.3, 0.4) is 0 Å². The van der Waals surface area contributed by atoms with E-state index in [2.05, 4.69) is 25.7 Å². The van der Waals surface area contributed by atoms with Gasteiger partial charge in [0, 0.05) is 32.7 Å². The molecule has 2 aromatic carbocycles. The van der Waals surface area contributed by atoms with Crippen LogP contribution in [-0.4, -0.2) is 88.0 Å². The van der Waals surface area contributed by atoms with Crippen LogP contribution in [0.4, 0.5) is 19.0 Å². The van der Waals surface area contributed by atoms with Crippen molar-refractivity contribution in [1.29, 1.82) is 0 Å². The van der Waals surface area contributed by atoms with Crippen LogP contribution in [0, 0.1) is 0 Å². The van der Waals surface area contributed by atoms with E-state index in [1.165, 1.54) is 35.2 Å². The van der Waals surface area contributed by atoms with E-state index in [-0.39, 0.29) is 41.1 Å². The van der Waals surface area contributed by atoms with Crippen molar-refractivity contribution in [3.63, 3.8) is 0 Å². The van der Waals surface area contributed by atoms with Crippen LogP contribution in [0.15, 0.2) is 72.8 Å². The number of ether oxygens (including phenoxy) is 1. The molecule has 0 aliphatic carbocycles. The minimum atomic E-state index is -4.60. The van der Waals surface area contributed by atoms with Crippen molar-refractivity contribution in [3.05, 3.63) is 106 Å². The summed E-state index contributed by atoms with van der Waals surface area (Å²) in [4.78, 5) is 38.6. The molecule has 12 nitrogen and oxygen atoms in total. The zero-order valence-electron chi connectivity index (χ0n) is 24.9. The molecule has 2 amide bonds. The molecule has 1 saturated heterocycles. The lowest BCUT2D eigenvalue weighted by Gasteiger charge is -2.35. The van der Waals surface area contributed by atoms with Gasteiger partial charge in [0.15, 0.2) is 22.4 Å². The number of anilines is 1. The van der Waals surface area contributed by atoms with Gasteiger partial charge in [-0.2, -0.15) is 13.2 Å². The number of aromatic nitrogens is 4. The standard InChI is InChI=1S/C26H26F3N5O3.C5H3ClN2O2/c1-37-19-8-6-18(7-9-19)12-13-30-24(35)22-10-11-23(32-31-22)33-14-16-34(17-15-33)25(36)20-4-2-3-5-21(20)26(27,28)29;6-4-2-1-3(5(9)10)7-8-4/h2-11H,12-17H2,1H3,(H,30,35);1-2H,(H,9,10). The van der Waals surface area contributed by atoms with E-state index in [9.17, 15) is 27.6 Å². The monoisotopic (exact) mass is 671 g/mol. The quantitative estimate of drug-likeness (QED) is 0.278. The van der Waals surface area contributed by atoms with E-state index < -0.39 is 23.6 Å². The summed E-state index contributed by atoms with van der Waals surface area (Å²) in [5.41, 5.74) is -0.167. The Kier molecular flexibility index (Phi) is 11.6. The number of carboxylic acid groups (broad SMARTS) is 1. The molecule has 1 aliphatic heterocycles. The summed E-state index contributed by atoms with van der Waals surface area (Å²) in [6, 6.07) is 18.3. The summed E-state index contributed by atoms with van der Waals surface area (Å²) in [5.74, 6) is -0.809. The van der Waals surface area contributed by atoms with Gasteiger partial charge in [-0.1, -0.05) is 35.9 Å². The summed E-state index contributed by atoms with van der Waals surface area (Å²) in [7, 11) is 1.60. The van der Waals surface area contributed by atoms with E-state index >= 15 is 0 Å². The number of carbonyl (C=O) groups excluding carboxylic acids is 2. The third-order valence-electron chi connectivity index (χ3n) is 6.95. The Morgan fingerprint density at radius 2 is 1.53 bits per heavy atom. The van der Waals surface area contributed by atoms with E-state index in [1.54, 1.807) is 19.2 Å².